The van der Waals surface area contributed by atoms with Crippen molar-refractivity contribution in [3.63, 3.8) is 0 Å². The van der Waals surface area contributed by atoms with Gasteiger partial charge in [-0.1, -0.05) is 73.6 Å². The van der Waals surface area contributed by atoms with Gasteiger partial charge in [-0.05, 0) is 83.5 Å². The third-order valence-corrected chi connectivity index (χ3v) is 19.1. The first-order valence-electron chi connectivity index (χ1n) is 37.1. The fourth-order valence-electron chi connectivity index (χ4n) is 12.6. The lowest BCUT2D eigenvalue weighted by atomic mass is 9.84. The number of Topliss-reactive ketones (excluding diaryl/α,β-unsaturated/α-hetero) is 1. The lowest BCUT2D eigenvalue weighted by Gasteiger charge is -2.43. The van der Waals surface area contributed by atoms with Crippen molar-refractivity contribution < 1.29 is 119 Å². The molecule has 584 valence electrons. The van der Waals surface area contributed by atoms with E-state index in [4.69, 9.17) is 61.9 Å². The first-order valence-corrected chi connectivity index (χ1v) is 37.1. The quantitative estimate of drug-likeness (QED) is 0.0222. The highest BCUT2D eigenvalue weighted by atomic mass is 16.7. The molecule has 0 radical (unpaired) electrons. The number of hydrogen-bond acceptors (Lipinski definition) is 24. The van der Waals surface area contributed by atoms with E-state index in [1.165, 1.54) is 41.5 Å². The molecule has 3 rings (SSSR count). The zero-order chi connectivity index (χ0) is 75.7. The van der Waals surface area contributed by atoms with Crippen molar-refractivity contribution in [2.75, 3.05) is 59.3 Å². The van der Waals surface area contributed by atoms with E-state index in [0.29, 0.717) is 135 Å². The summed E-state index contributed by atoms with van der Waals surface area (Å²) < 4.78 is 68.9. The minimum atomic E-state index is -0.945. The fourth-order valence-corrected chi connectivity index (χ4v) is 12.6. The Hall–Kier alpha value is -6.40. The van der Waals surface area contributed by atoms with Gasteiger partial charge in [0, 0.05) is 155 Å². The summed E-state index contributed by atoms with van der Waals surface area (Å²) in [7, 11) is 0. The van der Waals surface area contributed by atoms with E-state index in [1.54, 1.807) is 0 Å². The SMILES string of the molecule is CC(=O)OCC1OC(OCCCCCC(=O)NCCCCC(CC(=O)C(CCCCNC(=O)CCCCCOC2OC(COC(C)=O)C(OC(C)=O)C(C)C2C)NC(=O)CCCCCOC2OC(COC(C)=O)C(OC(C)=O)C(C)C2C)C(=O)NCCCCCC(=O)O)C(C)C(C)C1OC(C)=O. The number of nitrogens with one attached hydrogen (secondary N) is 4. The Morgan fingerprint density at radius 2 is 0.706 bits per heavy atom. The fraction of sp³-hybridized carbons (Fsp3) is 0.836. The number of carboxylic acids is 1. The number of unbranched alkanes of at least 4 members (excludes halogenated alkanes) is 10. The summed E-state index contributed by atoms with van der Waals surface area (Å²) in [6.45, 7) is 21.0. The lowest BCUT2D eigenvalue weighted by molar-refractivity contribution is -0.273. The molecule has 0 aromatic carbocycles. The predicted octanol–water partition coefficient (Wildman–Crippen LogP) is 7.59. The summed E-state index contributed by atoms with van der Waals surface area (Å²) >= 11 is 0. The molecule has 5 N–H and O–H groups in total. The van der Waals surface area contributed by atoms with Gasteiger partial charge in [0.05, 0.1) is 6.04 Å². The molecule has 0 saturated carbocycles. The maximum Gasteiger partial charge on any atom is 0.303 e. The molecule has 17 atom stereocenters. The van der Waals surface area contributed by atoms with Crippen LogP contribution < -0.4 is 21.3 Å². The summed E-state index contributed by atoms with van der Waals surface area (Å²) in [5.74, 6) is -6.81. The van der Waals surface area contributed by atoms with Gasteiger partial charge < -0.3 is 83.2 Å². The Morgan fingerprint density at radius 3 is 1.07 bits per heavy atom. The van der Waals surface area contributed by atoms with E-state index in [-0.39, 0.29) is 136 Å². The van der Waals surface area contributed by atoms with Crippen molar-refractivity contribution in [1.29, 1.82) is 0 Å². The highest BCUT2D eigenvalue weighted by molar-refractivity contribution is 5.92. The second-order valence-electron chi connectivity index (χ2n) is 27.6. The van der Waals surface area contributed by atoms with Crippen LogP contribution in [-0.4, -0.2) is 197 Å². The second-order valence-corrected chi connectivity index (χ2v) is 27.6. The third kappa shape index (κ3) is 36.3. The van der Waals surface area contributed by atoms with Crippen LogP contribution in [0, 0.1) is 41.4 Å². The van der Waals surface area contributed by atoms with E-state index in [2.05, 4.69) is 21.3 Å². The summed E-state index contributed by atoms with van der Waals surface area (Å²) in [5.41, 5.74) is 0. The molecule has 3 saturated heterocycles. The van der Waals surface area contributed by atoms with Gasteiger partial charge in [-0.25, -0.2) is 0 Å². The molecule has 29 nitrogen and oxygen atoms in total. The number of ketones is 1. The molecule has 4 amide bonds. The molecule has 0 aromatic rings. The highest BCUT2D eigenvalue weighted by Crippen LogP contribution is 2.37. The lowest BCUT2D eigenvalue weighted by Crippen LogP contribution is -2.53. The number of hydrogen-bond donors (Lipinski definition) is 5. The van der Waals surface area contributed by atoms with Crippen molar-refractivity contribution in [1.82, 2.24) is 21.3 Å². The molecule has 17 unspecified atom stereocenters. The van der Waals surface area contributed by atoms with Gasteiger partial charge >= 0.3 is 41.8 Å². The minimum absolute atomic E-state index is 0.00420. The Morgan fingerprint density at radius 1 is 0.373 bits per heavy atom. The molecule has 29 heteroatoms. The largest absolute Gasteiger partial charge is 0.481 e. The van der Waals surface area contributed by atoms with Gasteiger partial charge in [0.25, 0.3) is 0 Å². The van der Waals surface area contributed by atoms with Gasteiger partial charge in [0.2, 0.25) is 23.6 Å². The second kappa shape index (κ2) is 50.1. The van der Waals surface area contributed by atoms with Crippen LogP contribution in [0.2, 0.25) is 0 Å². The van der Waals surface area contributed by atoms with Gasteiger partial charge in [-0.2, -0.15) is 0 Å². The van der Waals surface area contributed by atoms with Crippen molar-refractivity contribution >= 4 is 71.2 Å². The molecule has 0 bridgehead atoms. The normalized spacial score (nSPS) is 25.3. The molecule has 3 aliphatic heterocycles. The average Bonchev–Trinajstić information content (AvgIpc) is 0.833. The first kappa shape index (κ1) is 89.8. The smallest absolute Gasteiger partial charge is 0.303 e. The maximum atomic E-state index is 14.5. The predicted molar refractivity (Wildman–Crippen MR) is 369 cm³/mol. The first-order chi connectivity index (χ1) is 48.5. The van der Waals surface area contributed by atoms with Crippen LogP contribution >= 0.6 is 0 Å². The zero-order valence-electron chi connectivity index (χ0n) is 62.7. The van der Waals surface area contributed by atoms with Crippen molar-refractivity contribution in [2.45, 2.75) is 292 Å². The van der Waals surface area contributed by atoms with Gasteiger partial charge in [-0.15, -0.1) is 0 Å². The third-order valence-electron chi connectivity index (χ3n) is 19.1. The van der Waals surface area contributed by atoms with Crippen LogP contribution in [0.1, 0.15) is 231 Å². The summed E-state index contributed by atoms with van der Waals surface area (Å²) in [5, 5.41) is 20.9. The van der Waals surface area contributed by atoms with Crippen LogP contribution in [0.15, 0.2) is 0 Å². The van der Waals surface area contributed by atoms with Crippen LogP contribution in [0.3, 0.4) is 0 Å². The standard InChI is InChI=1S/C73H122N4O25/c1-45-48(4)71(100-60(42-94-51(7)78)67(45)97-54(10)81)91-38-26-14-17-31-63(85)74-35-24-21-29-57(70(90)76-37-23-13-20-34-66(88)89)41-59(84)58(77-65(87)33-19-16-28-40-93-73-50(6)47(3)69(99-56(12)83)62(102-73)44-96-53(9)80)30-22-25-36-75-64(86)32-18-15-27-39-92-72-49(5)46(2)68(98-55(11)82)61(101-72)43-95-52(8)79/h45-50,57-58,60-62,67-69,71-73H,13-44H2,1-12H3,(H,74,85)(H,75,86)(H,76,90)(H,77,87)(H,88,89). The number of carbonyl (C=O) groups is 12. The monoisotopic (exact) mass is 1450 g/mol. The van der Waals surface area contributed by atoms with Crippen LogP contribution in [-0.2, 0) is 114 Å². The number of aliphatic carboxylic acids is 1. The molecule has 0 aliphatic carbocycles. The van der Waals surface area contributed by atoms with E-state index in [0.717, 1.165) is 0 Å². The molecule has 3 aliphatic rings. The van der Waals surface area contributed by atoms with Crippen molar-refractivity contribution in [3.05, 3.63) is 0 Å². The van der Waals surface area contributed by atoms with E-state index in [1.807, 2.05) is 41.5 Å². The molecule has 0 aromatic heterocycles. The van der Waals surface area contributed by atoms with E-state index < -0.39 is 109 Å². The Labute approximate surface area is 602 Å². The van der Waals surface area contributed by atoms with Crippen LogP contribution in [0.5, 0.6) is 0 Å². The van der Waals surface area contributed by atoms with Crippen LogP contribution in [0.4, 0.5) is 0 Å². The number of ether oxygens (including phenoxy) is 12. The topological polar surface area (TPSA) is 384 Å². The molecular weight excluding hydrogens is 1330 g/mol. The van der Waals surface area contributed by atoms with Gasteiger partial charge in [0.1, 0.15) is 56.4 Å². The average molecular weight is 1460 g/mol. The minimum Gasteiger partial charge on any atom is -0.481 e. The number of rotatable bonds is 51. The number of carbonyl (C=O) groups excluding carboxylic acids is 11. The number of amides is 4. The molecule has 3 heterocycles. The molecule has 3 fully saturated rings. The summed E-state index contributed by atoms with van der Waals surface area (Å²) in [4.78, 5) is 150. The molecular formula is C73H122N4O25. The number of carboxylic acid groups (broad SMARTS) is 1. The zero-order valence-corrected chi connectivity index (χ0v) is 62.7. The Balaban J connectivity index is 1.59. The van der Waals surface area contributed by atoms with Gasteiger partial charge in [0.15, 0.2) is 24.7 Å². The van der Waals surface area contributed by atoms with Crippen LogP contribution in [0.25, 0.3) is 0 Å². The molecule has 0 spiro atoms. The van der Waals surface area contributed by atoms with E-state index in [9.17, 15) is 57.5 Å². The Kier molecular flexibility index (Phi) is 44.1. The highest BCUT2D eigenvalue weighted by Gasteiger charge is 2.47. The van der Waals surface area contributed by atoms with Gasteiger partial charge in [-0.3, -0.25) is 57.5 Å². The maximum absolute atomic E-state index is 14.5. The van der Waals surface area contributed by atoms with E-state index >= 15 is 0 Å². The van der Waals surface area contributed by atoms with Crippen molar-refractivity contribution in [3.8, 4) is 0 Å². The number of esters is 6. The summed E-state index contributed by atoms with van der Waals surface area (Å²) in [6, 6.07) is -0.945. The van der Waals surface area contributed by atoms with Crippen molar-refractivity contribution in [2.24, 2.45) is 41.4 Å². The molecule has 102 heavy (non-hydrogen) atoms. The summed E-state index contributed by atoms with van der Waals surface area (Å²) in [6.07, 6.45) is 4.09. The Bertz CT molecular complexity index is 2590.